The summed E-state index contributed by atoms with van der Waals surface area (Å²) >= 11 is 3.38. The maximum Gasteiger partial charge on any atom is 0.344 e. The smallest absolute Gasteiger partial charge is 0.344 e. The van der Waals surface area contributed by atoms with Crippen LogP contribution in [0.2, 0.25) is 0 Å². The Balaban J connectivity index is 2.45. The number of hydrogen-bond donors (Lipinski definition) is 0. The van der Waals surface area contributed by atoms with Crippen LogP contribution in [-0.4, -0.2) is 27.3 Å². The Morgan fingerprint density at radius 2 is 1.46 bits per heavy atom. The van der Waals surface area contributed by atoms with E-state index in [4.69, 9.17) is 18.9 Å². The molecule has 0 aliphatic rings. The molecule has 0 radical (unpaired) electrons. The Morgan fingerprint density at radius 3 is 1.96 bits per heavy atom. The average molecular weight is 395 g/mol. The highest BCUT2D eigenvalue weighted by atomic mass is 79.9. The fraction of sp³-hybridized carbons (Fsp3) is 0.278. The highest BCUT2D eigenvalue weighted by Gasteiger charge is 2.24. The molecule has 0 heterocycles. The largest absolute Gasteiger partial charge is 0.493 e. The molecule has 2 aromatic carbocycles. The molecule has 5 nitrogen and oxygen atoms in total. The van der Waals surface area contributed by atoms with Gasteiger partial charge < -0.3 is 18.9 Å². The molecule has 2 aromatic rings. The number of rotatable bonds is 5. The number of aryl methyl sites for hydroxylation is 2. The Kier molecular flexibility index (Phi) is 5.72. The van der Waals surface area contributed by atoms with Crippen molar-refractivity contribution >= 4 is 21.9 Å². The highest BCUT2D eigenvalue weighted by molar-refractivity contribution is 9.10. The van der Waals surface area contributed by atoms with Gasteiger partial charge in [-0.1, -0.05) is 6.07 Å². The first-order valence-electron chi connectivity index (χ1n) is 7.20. The fourth-order valence-corrected chi connectivity index (χ4v) is 3.04. The minimum absolute atomic E-state index is 0.281. The molecule has 0 saturated carbocycles. The summed E-state index contributed by atoms with van der Waals surface area (Å²) in [6, 6.07) is 7.16. The van der Waals surface area contributed by atoms with Gasteiger partial charge >= 0.3 is 5.97 Å². The van der Waals surface area contributed by atoms with Crippen molar-refractivity contribution in [2.24, 2.45) is 0 Å². The topological polar surface area (TPSA) is 54.0 Å². The van der Waals surface area contributed by atoms with Crippen LogP contribution in [0, 0.1) is 13.8 Å². The predicted octanol–water partition coefficient (Wildman–Crippen LogP) is 4.31. The van der Waals surface area contributed by atoms with E-state index < -0.39 is 5.97 Å². The van der Waals surface area contributed by atoms with E-state index in [1.807, 2.05) is 19.9 Å². The maximum absolute atomic E-state index is 12.6. The summed E-state index contributed by atoms with van der Waals surface area (Å²) in [7, 11) is 4.48. The van der Waals surface area contributed by atoms with E-state index in [9.17, 15) is 4.79 Å². The monoisotopic (exact) mass is 394 g/mol. The molecule has 0 saturated heterocycles. The molecule has 0 aromatic heterocycles. The average Bonchev–Trinajstić information content (AvgIpc) is 2.52. The lowest BCUT2D eigenvalue weighted by molar-refractivity contribution is 0.0732. The van der Waals surface area contributed by atoms with Crippen LogP contribution in [0.5, 0.6) is 23.0 Å². The first-order chi connectivity index (χ1) is 11.4. The summed E-state index contributed by atoms with van der Waals surface area (Å²) in [5, 5.41) is 0. The molecule has 6 heteroatoms. The quantitative estimate of drug-likeness (QED) is 0.558. The number of benzene rings is 2. The van der Waals surface area contributed by atoms with Gasteiger partial charge in [0.05, 0.1) is 31.4 Å². The summed E-state index contributed by atoms with van der Waals surface area (Å²) in [5.74, 6) is 1.10. The lowest BCUT2D eigenvalue weighted by Gasteiger charge is -2.16. The summed E-state index contributed by atoms with van der Waals surface area (Å²) in [6.07, 6.45) is 0. The van der Waals surface area contributed by atoms with Crippen molar-refractivity contribution in [1.29, 1.82) is 0 Å². The standard InChI is InChI=1S/C18H19BrO5/c1-10-6-11(2)8-12(7-10)24-18(20)13-9-14(21-3)16(22-4)17(23-5)15(13)19/h6-9H,1-5H3. The molecule has 0 aliphatic heterocycles. The van der Waals surface area contributed by atoms with Crippen molar-refractivity contribution in [1.82, 2.24) is 0 Å². The maximum atomic E-state index is 12.6. The second-order valence-corrected chi connectivity index (χ2v) is 6.01. The van der Waals surface area contributed by atoms with Gasteiger partial charge in [-0.25, -0.2) is 4.79 Å². The number of esters is 1. The Morgan fingerprint density at radius 1 is 0.875 bits per heavy atom. The van der Waals surface area contributed by atoms with Gasteiger partial charge in [0, 0.05) is 0 Å². The molecular weight excluding hydrogens is 376 g/mol. The van der Waals surface area contributed by atoms with Crippen LogP contribution in [-0.2, 0) is 0 Å². The third-order valence-corrected chi connectivity index (χ3v) is 4.18. The van der Waals surface area contributed by atoms with Gasteiger partial charge in [0.1, 0.15) is 5.75 Å². The second kappa shape index (κ2) is 7.57. The van der Waals surface area contributed by atoms with Gasteiger partial charge in [-0.3, -0.25) is 0 Å². The molecule has 0 bridgehead atoms. The number of hydrogen-bond acceptors (Lipinski definition) is 5. The van der Waals surface area contributed by atoms with E-state index in [2.05, 4.69) is 15.9 Å². The van der Waals surface area contributed by atoms with Crippen molar-refractivity contribution in [2.45, 2.75) is 13.8 Å². The summed E-state index contributed by atoms with van der Waals surface area (Å²) < 4.78 is 21.8. The van der Waals surface area contributed by atoms with Crippen molar-refractivity contribution < 1.29 is 23.7 Å². The van der Waals surface area contributed by atoms with Crippen LogP contribution < -0.4 is 18.9 Å². The van der Waals surface area contributed by atoms with Crippen LogP contribution in [0.1, 0.15) is 21.5 Å². The number of carbonyl (C=O) groups is 1. The number of methoxy groups -OCH3 is 3. The molecule has 0 atom stereocenters. The van der Waals surface area contributed by atoms with E-state index >= 15 is 0 Å². The molecule has 0 amide bonds. The summed E-state index contributed by atoms with van der Waals surface area (Å²) in [5.41, 5.74) is 2.31. The minimum Gasteiger partial charge on any atom is -0.493 e. The molecule has 128 valence electrons. The zero-order valence-electron chi connectivity index (χ0n) is 14.2. The number of carbonyl (C=O) groups excluding carboxylic acids is 1. The van der Waals surface area contributed by atoms with Gasteiger partial charge in [0.15, 0.2) is 11.5 Å². The molecule has 0 fully saturated rings. The van der Waals surface area contributed by atoms with Gasteiger partial charge in [0.2, 0.25) is 5.75 Å². The molecule has 0 spiro atoms. The van der Waals surface area contributed by atoms with Crippen LogP contribution in [0.3, 0.4) is 0 Å². The van der Waals surface area contributed by atoms with Gasteiger partial charge in [-0.05, 0) is 59.1 Å². The predicted molar refractivity (Wildman–Crippen MR) is 94.7 cm³/mol. The van der Waals surface area contributed by atoms with Crippen LogP contribution in [0.4, 0.5) is 0 Å². The SMILES string of the molecule is COc1cc(C(=O)Oc2cc(C)cc(C)c2)c(Br)c(OC)c1OC. The van der Waals surface area contributed by atoms with Gasteiger partial charge in [0.25, 0.3) is 0 Å². The Hall–Kier alpha value is -2.21. The number of ether oxygens (including phenoxy) is 4. The van der Waals surface area contributed by atoms with Crippen LogP contribution >= 0.6 is 15.9 Å². The summed E-state index contributed by atoms with van der Waals surface area (Å²) in [6.45, 7) is 3.89. The lowest BCUT2D eigenvalue weighted by atomic mass is 10.1. The Bertz CT molecular complexity index is 750. The third kappa shape index (κ3) is 3.64. The summed E-state index contributed by atoms with van der Waals surface area (Å²) in [4.78, 5) is 12.6. The van der Waals surface area contributed by atoms with Crippen LogP contribution in [0.15, 0.2) is 28.7 Å². The van der Waals surface area contributed by atoms with Crippen molar-refractivity contribution in [3.63, 3.8) is 0 Å². The third-order valence-electron chi connectivity index (χ3n) is 3.40. The normalized spacial score (nSPS) is 10.2. The second-order valence-electron chi connectivity index (χ2n) is 5.22. The van der Waals surface area contributed by atoms with Crippen LogP contribution in [0.25, 0.3) is 0 Å². The first kappa shape index (κ1) is 18.1. The van der Waals surface area contributed by atoms with E-state index in [0.717, 1.165) is 11.1 Å². The molecular formula is C18H19BrO5. The van der Waals surface area contributed by atoms with Crippen molar-refractivity contribution in [3.8, 4) is 23.0 Å². The van der Waals surface area contributed by atoms with Gasteiger partial charge in [-0.2, -0.15) is 0 Å². The van der Waals surface area contributed by atoms with Crippen molar-refractivity contribution in [3.05, 3.63) is 45.4 Å². The molecule has 2 rings (SSSR count). The van der Waals surface area contributed by atoms with Gasteiger partial charge in [-0.15, -0.1) is 0 Å². The highest BCUT2D eigenvalue weighted by Crippen LogP contribution is 2.44. The van der Waals surface area contributed by atoms with E-state index in [-0.39, 0.29) is 5.56 Å². The molecule has 24 heavy (non-hydrogen) atoms. The van der Waals surface area contributed by atoms with Crippen molar-refractivity contribution in [2.75, 3.05) is 21.3 Å². The first-order valence-corrected chi connectivity index (χ1v) is 7.99. The minimum atomic E-state index is -0.522. The molecule has 0 aliphatic carbocycles. The molecule has 0 unspecified atom stereocenters. The Labute approximate surface area is 149 Å². The molecule has 0 N–H and O–H groups in total. The van der Waals surface area contributed by atoms with E-state index in [0.29, 0.717) is 27.5 Å². The zero-order valence-corrected chi connectivity index (χ0v) is 15.8. The number of halogens is 1. The van der Waals surface area contributed by atoms with E-state index in [1.54, 1.807) is 18.2 Å². The lowest BCUT2D eigenvalue weighted by Crippen LogP contribution is -2.11. The zero-order chi connectivity index (χ0) is 17.9. The van der Waals surface area contributed by atoms with E-state index in [1.165, 1.54) is 21.3 Å². The fourth-order valence-electron chi connectivity index (χ4n) is 2.42.